The van der Waals surface area contributed by atoms with Crippen molar-refractivity contribution in [2.45, 2.75) is 0 Å². The smallest absolute Gasteiger partial charge is 0.362 e. The highest BCUT2D eigenvalue weighted by molar-refractivity contribution is 6.65. The van der Waals surface area contributed by atoms with E-state index in [1.807, 2.05) is 0 Å². The van der Waals surface area contributed by atoms with E-state index in [-0.39, 0.29) is 5.69 Å². The zero-order chi connectivity index (χ0) is 12.1. The van der Waals surface area contributed by atoms with E-state index in [0.29, 0.717) is 0 Å². The number of hydrazone groups is 1. The van der Waals surface area contributed by atoms with Crippen LogP contribution in [0.5, 0.6) is 0 Å². The molecule has 0 aliphatic heterocycles. The Labute approximate surface area is 89.6 Å². The minimum atomic E-state index is -1.54. The van der Waals surface area contributed by atoms with Crippen LogP contribution < -0.4 is 11.2 Å². The number of amides is 1. The fraction of sp³-hybridized carbons (Fsp3) is 0. The molecule has 1 rings (SSSR count). The topological polar surface area (TPSA) is 105 Å². The normalized spacial score (nSPS) is 10.9. The predicted octanol–water partition coefficient (Wildman–Crippen LogP) is 0.164. The highest BCUT2D eigenvalue weighted by atomic mass is 19.1. The molecule has 0 aromatic heterocycles. The van der Waals surface area contributed by atoms with Crippen molar-refractivity contribution in [3.8, 4) is 0 Å². The first-order chi connectivity index (χ1) is 7.54. The van der Waals surface area contributed by atoms with Crippen LogP contribution in [0.3, 0.4) is 0 Å². The van der Waals surface area contributed by atoms with Gasteiger partial charge >= 0.3 is 5.97 Å². The molecule has 0 radical (unpaired) electrons. The number of hydrogen-bond donors (Lipinski definition) is 3. The largest absolute Gasteiger partial charge is 0.476 e. The number of rotatable bonds is 3. The lowest BCUT2D eigenvalue weighted by Gasteiger charge is -2.03. The zero-order valence-corrected chi connectivity index (χ0v) is 7.98. The summed E-state index contributed by atoms with van der Waals surface area (Å²) in [5.74, 6) is 1.76. The third-order valence-electron chi connectivity index (χ3n) is 1.65. The Morgan fingerprint density at radius 2 is 1.88 bits per heavy atom. The van der Waals surface area contributed by atoms with E-state index in [1.54, 1.807) is 0 Å². The number of nitrogens with one attached hydrogen (secondary N) is 1. The van der Waals surface area contributed by atoms with Crippen molar-refractivity contribution in [2.75, 3.05) is 5.32 Å². The van der Waals surface area contributed by atoms with Crippen LogP contribution in [0.15, 0.2) is 29.4 Å². The van der Waals surface area contributed by atoms with E-state index >= 15 is 0 Å². The standard InChI is InChI=1S/C9H8FN3O3/c10-5-1-3-6(4-2-5)12-8(14)7(13-11)9(15)16/h1-4H,11H2,(H,12,14)(H,15,16)/b13-7+. The van der Waals surface area contributed by atoms with E-state index in [0.717, 1.165) is 12.1 Å². The molecule has 1 aromatic rings. The summed E-state index contributed by atoms with van der Waals surface area (Å²) in [6.07, 6.45) is 0. The second-order valence-electron chi connectivity index (χ2n) is 2.74. The second kappa shape index (κ2) is 4.87. The molecule has 4 N–H and O–H groups in total. The molecule has 6 nitrogen and oxygen atoms in total. The van der Waals surface area contributed by atoms with Crippen LogP contribution in [0.4, 0.5) is 10.1 Å². The predicted molar refractivity (Wildman–Crippen MR) is 54.3 cm³/mol. The molecular weight excluding hydrogens is 217 g/mol. The molecular formula is C9H8FN3O3. The van der Waals surface area contributed by atoms with E-state index in [1.165, 1.54) is 12.1 Å². The molecule has 0 bridgehead atoms. The van der Waals surface area contributed by atoms with Gasteiger partial charge in [0.25, 0.3) is 5.91 Å². The van der Waals surface area contributed by atoms with Crippen molar-refractivity contribution in [2.24, 2.45) is 10.9 Å². The van der Waals surface area contributed by atoms with Gasteiger partial charge in [-0.3, -0.25) is 4.79 Å². The third-order valence-corrected chi connectivity index (χ3v) is 1.65. The fourth-order valence-electron chi connectivity index (χ4n) is 0.934. The van der Waals surface area contributed by atoms with Gasteiger partial charge in [-0.2, -0.15) is 5.10 Å². The van der Waals surface area contributed by atoms with Gasteiger partial charge in [-0.05, 0) is 24.3 Å². The lowest BCUT2D eigenvalue weighted by Crippen LogP contribution is -2.30. The van der Waals surface area contributed by atoms with Crippen LogP contribution in [0.1, 0.15) is 0 Å². The number of halogens is 1. The summed E-state index contributed by atoms with van der Waals surface area (Å²) in [6, 6.07) is 4.80. The average molecular weight is 225 g/mol. The summed E-state index contributed by atoms with van der Waals surface area (Å²) in [5.41, 5.74) is -0.585. The van der Waals surface area contributed by atoms with Gasteiger partial charge < -0.3 is 16.3 Å². The van der Waals surface area contributed by atoms with Gasteiger partial charge in [-0.1, -0.05) is 0 Å². The molecule has 16 heavy (non-hydrogen) atoms. The maximum absolute atomic E-state index is 12.5. The molecule has 0 saturated carbocycles. The summed E-state index contributed by atoms with van der Waals surface area (Å²) < 4.78 is 12.5. The minimum Gasteiger partial charge on any atom is -0.476 e. The van der Waals surface area contributed by atoms with Gasteiger partial charge in [-0.25, -0.2) is 9.18 Å². The number of carboxylic acids is 1. The van der Waals surface area contributed by atoms with Crippen molar-refractivity contribution < 1.29 is 19.1 Å². The second-order valence-corrected chi connectivity index (χ2v) is 2.74. The first-order valence-corrected chi connectivity index (χ1v) is 4.12. The van der Waals surface area contributed by atoms with E-state index in [4.69, 9.17) is 10.9 Å². The zero-order valence-electron chi connectivity index (χ0n) is 7.98. The van der Waals surface area contributed by atoms with E-state index in [9.17, 15) is 14.0 Å². The number of anilines is 1. The quantitative estimate of drug-likeness (QED) is 0.295. The molecule has 1 amide bonds. The Bertz CT molecular complexity index is 442. The lowest BCUT2D eigenvalue weighted by atomic mass is 10.3. The van der Waals surface area contributed by atoms with Crippen LogP contribution in [0.2, 0.25) is 0 Å². The lowest BCUT2D eigenvalue weighted by molar-refractivity contribution is -0.130. The number of aliphatic carboxylic acids is 1. The monoisotopic (exact) mass is 225 g/mol. The molecule has 84 valence electrons. The summed E-state index contributed by atoms with van der Waals surface area (Å²) in [6.45, 7) is 0. The van der Waals surface area contributed by atoms with E-state index < -0.39 is 23.4 Å². The van der Waals surface area contributed by atoms with Crippen molar-refractivity contribution >= 4 is 23.3 Å². The van der Waals surface area contributed by atoms with Crippen LogP contribution in [-0.2, 0) is 9.59 Å². The summed E-state index contributed by atoms with van der Waals surface area (Å²) in [5, 5.41) is 13.6. The van der Waals surface area contributed by atoms with Crippen LogP contribution >= 0.6 is 0 Å². The number of nitrogens with zero attached hydrogens (tertiary/aromatic N) is 1. The summed E-state index contributed by atoms with van der Waals surface area (Å²) in [4.78, 5) is 21.8. The SMILES string of the molecule is N/N=C(/C(=O)O)C(=O)Nc1ccc(F)cc1. The number of benzene rings is 1. The van der Waals surface area contributed by atoms with Crippen LogP contribution in [-0.4, -0.2) is 22.7 Å². The molecule has 0 aliphatic rings. The molecule has 0 spiro atoms. The Hall–Kier alpha value is -2.44. The molecule has 0 unspecified atom stereocenters. The minimum absolute atomic E-state index is 0.244. The molecule has 7 heteroatoms. The van der Waals surface area contributed by atoms with Gasteiger partial charge in [0.1, 0.15) is 5.82 Å². The summed E-state index contributed by atoms with van der Waals surface area (Å²) >= 11 is 0. The number of carboxylic acid groups (broad SMARTS) is 1. The molecule has 0 fully saturated rings. The van der Waals surface area contributed by atoms with Gasteiger partial charge in [0.15, 0.2) is 0 Å². The number of hydrogen-bond acceptors (Lipinski definition) is 4. The molecule has 0 heterocycles. The Morgan fingerprint density at radius 3 is 2.31 bits per heavy atom. The molecule has 0 saturated heterocycles. The van der Waals surface area contributed by atoms with Crippen LogP contribution in [0, 0.1) is 5.82 Å². The third kappa shape index (κ3) is 2.77. The highest BCUT2D eigenvalue weighted by Gasteiger charge is 2.19. The molecule has 0 atom stereocenters. The van der Waals surface area contributed by atoms with Crippen LogP contribution in [0.25, 0.3) is 0 Å². The fourth-order valence-corrected chi connectivity index (χ4v) is 0.934. The molecule has 0 aliphatic carbocycles. The van der Waals surface area contributed by atoms with Crippen molar-refractivity contribution in [1.29, 1.82) is 0 Å². The van der Waals surface area contributed by atoms with E-state index in [2.05, 4.69) is 10.4 Å². The first-order valence-electron chi connectivity index (χ1n) is 4.12. The van der Waals surface area contributed by atoms with Crippen molar-refractivity contribution in [3.63, 3.8) is 0 Å². The summed E-state index contributed by atoms with van der Waals surface area (Å²) in [7, 11) is 0. The number of carbonyl (C=O) groups is 2. The van der Waals surface area contributed by atoms with Crippen molar-refractivity contribution in [1.82, 2.24) is 0 Å². The van der Waals surface area contributed by atoms with Gasteiger partial charge in [0.05, 0.1) is 0 Å². The Kier molecular flexibility index (Phi) is 3.54. The van der Waals surface area contributed by atoms with Gasteiger partial charge in [0.2, 0.25) is 5.71 Å². The molecule has 1 aromatic carbocycles. The van der Waals surface area contributed by atoms with Crippen molar-refractivity contribution in [3.05, 3.63) is 30.1 Å². The number of carbonyl (C=O) groups excluding carboxylic acids is 1. The Balaban J connectivity index is 2.78. The maximum atomic E-state index is 12.5. The maximum Gasteiger partial charge on any atom is 0.362 e. The van der Waals surface area contributed by atoms with Gasteiger partial charge in [0, 0.05) is 5.69 Å². The Morgan fingerprint density at radius 1 is 1.31 bits per heavy atom. The van der Waals surface area contributed by atoms with Gasteiger partial charge in [-0.15, -0.1) is 0 Å². The first kappa shape index (κ1) is 11.6. The number of nitrogens with two attached hydrogens (primary N) is 1. The highest BCUT2D eigenvalue weighted by Crippen LogP contribution is 2.07. The average Bonchev–Trinajstić information content (AvgIpc) is 2.22.